The molecule has 1 aromatic rings. The van der Waals surface area contributed by atoms with Crippen LogP contribution < -0.4 is 10.1 Å². The molecule has 124 valence electrons. The zero-order valence-electron chi connectivity index (χ0n) is 12.9. The van der Waals surface area contributed by atoms with Crippen LogP contribution >= 0.6 is 0 Å². The number of para-hydroxylation sites is 1. The number of rotatable bonds is 7. The molecule has 0 bridgehead atoms. The van der Waals surface area contributed by atoms with Crippen molar-refractivity contribution in [1.82, 2.24) is 10.2 Å². The highest BCUT2D eigenvalue weighted by atomic mass is 19.3. The molecule has 0 saturated carbocycles. The largest absolute Gasteiger partial charge is 0.434 e. The van der Waals surface area contributed by atoms with Crippen LogP contribution in [0.5, 0.6) is 5.75 Å². The maximum absolute atomic E-state index is 12.5. The van der Waals surface area contributed by atoms with Gasteiger partial charge in [-0.3, -0.25) is 0 Å². The van der Waals surface area contributed by atoms with Crippen molar-refractivity contribution >= 4 is 6.03 Å². The summed E-state index contributed by atoms with van der Waals surface area (Å²) < 4.78 is 29.4. The number of hydrogen-bond donors (Lipinski definition) is 2. The van der Waals surface area contributed by atoms with Crippen LogP contribution in [0.1, 0.15) is 31.9 Å². The number of urea groups is 1. The fourth-order valence-electron chi connectivity index (χ4n) is 2.11. The van der Waals surface area contributed by atoms with Crippen molar-refractivity contribution in [3.05, 3.63) is 29.8 Å². The highest BCUT2D eigenvalue weighted by molar-refractivity contribution is 5.74. The zero-order chi connectivity index (χ0) is 16.7. The molecular formula is C15H22F2N2O3. The normalized spacial score (nSPS) is 13.6. The van der Waals surface area contributed by atoms with Gasteiger partial charge >= 0.3 is 12.6 Å². The summed E-state index contributed by atoms with van der Waals surface area (Å²) in [6, 6.07) is 5.52. The Morgan fingerprint density at radius 2 is 2.05 bits per heavy atom. The van der Waals surface area contributed by atoms with Gasteiger partial charge in [0, 0.05) is 19.2 Å². The molecule has 0 aromatic heterocycles. The molecule has 2 N–H and O–H groups in total. The van der Waals surface area contributed by atoms with Crippen LogP contribution in [0.2, 0.25) is 0 Å². The third-order valence-corrected chi connectivity index (χ3v) is 3.10. The summed E-state index contributed by atoms with van der Waals surface area (Å²) in [5, 5.41) is 12.1. The van der Waals surface area contributed by atoms with Crippen molar-refractivity contribution in [3.63, 3.8) is 0 Å². The van der Waals surface area contributed by atoms with E-state index in [4.69, 9.17) is 0 Å². The summed E-state index contributed by atoms with van der Waals surface area (Å²) >= 11 is 0. The van der Waals surface area contributed by atoms with Crippen LogP contribution in [0.4, 0.5) is 13.6 Å². The van der Waals surface area contributed by atoms with Crippen LogP contribution in [0.3, 0.4) is 0 Å². The Hall–Kier alpha value is -1.89. The van der Waals surface area contributed by atoms with Crippen molar-refractivity contribution in [2.24, 2.45) is 0 Å². The number of benzene rings is 1. The molecule has 0 aliphatic rings. The highest BCUT2D eigenvalue weighted by Gasteiger charge is 2.20. The topological polar surface area (TPSA) is 61.8 Å². The average Bonchev–Trinajstić information content (AvgIpc) is 2.44. The second kappa shape index (κ2) is 8.53. The molecule has 7 heteroatoms. The van der Waals surface area contributed by atoms with Crippen molar-refractivity contribution in [2.75, 3.05) is 13.6 Å². The summed E-state index contributed by atoms with van der Waals surface area (Å²) in [6.45, 7) is 0.663. The van der Waals surface area contributed by atoms with E-state index in [0.717, 1.165) is 0 Å². The number of carbonyl (C=O) groups is 1. The third kappa shape index (κ3) is 5.48. The highest BCUT2D eigenvalue weighted by Crippen LogP contribution is 2.28. The number of ether oxygens (including phenoxy) is 1. The molecule has 2 atom stereocenters. The first-order chi connectivity index (χ1) is 10.3. The molecule has 5 nitrogen and oxygen atoms in total. The number of nitrogens with zero attached hydrogens (tertiary/aromatic N) is 1. The minimum Gasteiger partial charge on any atom is -0.434 e. The summed E-state index contributed by atoms with van der Waals surface area (Å²) in [5.41, 5.74) is 0.490. The molecule has 22 heavy (non-hydrogen) atoms. The molecule has 1 rings (SSSR count). The quantitative estimate of drug-likeness (QED) is 0.813. The summed E-state index contributed by atoms with van der Waals surface area (Å²) in [6.07, 6.45) is -0.136. The molecular weight excluding hydrogens is 294 g/mol. The lowest BCUT2D eigenvalue weighted by molar-refractivity contribution is -0.0507. The van der Waals surface area contributed by atoms with Gasteiger partial charge in [-0.05, 0) is 19.4 Å². The second-order valence-electron chi connectivity index (χ2n) is 5.06. The van der Waals surface area contributed by atoms with Crippen molar-refractivity contribution in [1.29, 1.82) is 0 Å². The maximum atomic E-state index is 12.5. The first-order valence-corrected chi connectivity index (χ1v) is 7.08. The Morgan fingerprint density at radius 3 is 2.59 bits per heavy atom. The van der Waals surface area contributed by atoms with E-state index in [1.54, 1.807) is 32.2 Å². The number of likely N-dealkylation sites (N-methyl/N-ethyl adjacent to an activating group) is 1. The predicted octanol–water partition coefficient (Wildman–Crippen LogP) is 2.76. The molecule has 0 fully saturated rings. The second-order valence-corrected chi connectivity index (χ2v) is 5.06. The van der Waals surface area contributed by atoms with Crippen LogP contribution in [0, 0.1) is 0 Å². The van der Waals surface area contributed by atoms with Gasteiger partial charge in [0.25, 0.3) is 0 Å². The summed E-state index contributed by atoms with van der Waals surface area (Å²) in [4.78, 5) is 13.4. The third-order valence-electron chi connectivity index (χ3n) is 3.10. The van der Waals surface area contributed by atoms with E-state index in [1.165, 1.54) is 11.0 Å². The van der Waals surface area contributed by atoms with E-state index in [-0.39, 0.29) is 18.3 Å². The Kier molecular flexibility index (Phi) is 7.04. The van der Waals surface area contributed by atoms with Gasteiger partial charge in [-0.1, -0.05) is 25.1 Å². The lowest BCUT2D eigenvalue weighted by Crippen LogP contribution is -2.42. The van der Waals surface area contributed by atoms with E-state index in [9.17, 15) is 18.7 Å². The number of hydrogen-bond acceptors (Lipinski definition) is 3. The maximum Gasteiger partial charge on any atom is 0.387 e. The zero-order valence-corrected chi connectivity index (χ0v) is 12.9. The first kappa shape index (κ1) is 18.2. The summed E-state index contributed by atoms with van der Waals surface area (Å²) in [7, 11) is 1.55. The first-order valence-electron chi connectivity index (χ1n) is 7.08. The Morgan fingerprint density at radius 1 is 1.41 bits per heavy atom. The molecule has 0 aliphatic heterocycles. The number of carbonyl (C=O) groups excluding carboxylic acids is 1. The molecule has 2 unspecified atom stereocenters. The average molecular weight is 316 g/mol. The molecule has 0 aliphatic carbocycles. The van der Waals surface area contributed by atoms with Crippen LogP contribution in [-0.2, 0) is 0 Å². The standard InChI is InChI=1S/C15H22F2N2O3/c1-4-12(18-15(21)19(3)9-10(2)20)11-7-5-6-8-13(11)22-14(16)17/h5-8,10,12,14,20H,4,9H2,1-3H3,(H,18,21). The van der Waals surface area contributed by atoms with Gasteiger partial charge in [0.05, 0.1) is 12.1 Å². The van der Waals surface area contributed by atoms with Crippen LogP contribution in [-0.4, -0.2) is 42.3 Å². The van der Waals surface area contributed by atoms with E-state index >= 15 is 0 Å². The Labute approximate surface area is 128 Å². The van der Waals surface area contributed by atoms with Crippen molar-refractivity contribution in [2.45, 2.75) is 39.0 Å². The number of alkyl halides is 2. The fourth-order valence-corrected chi connectivity index (χ4v) is 2.11. The number of amides is 2. The Balaban J connectivity index is 2.86. The monoisotopic (exact) mass is 316 g/mol. The lowest BCUT2D eigenvalue weighted by Gasteiger charge is -2.25. The smallest absolute Gasteiger partial charge is 0.387 e. The van der Waals surface area contributed by atoms with Crippen molar-refractivity contribution in [3.8, 4) is 5.75 Å². The molecule has 0 spiro atoms. The van der Waals surface area contributed by atoms with E-state index in [0.29, 0.717) is 12.0 Å². The molecule has 0 heterocycles. The van der Waals surface area contributed by atoms with E-state index in [2.05, 4.69) is 10.1 Å². The molecule has 2 amide bonds. The van der Waals surface area contributed by atoms with Crippen LogP contribution in [0.25, 0.3) is 0 Å². The minimum absolute atomic E-state index is 0.0443. The van der Waals surface area contributed by atoms with Gasteiger partial charge in [0.1, 0.15) is 5.75 Å². The number of halogens is 2. The number of aliphatic hydroxyl groups is 1. The van der Waals surface area contributed by atoms with Gasteiger partial charge in [-0.25, -0.2) is 4.79 Å². The number of nitrogens with one attached hydrogen (secondary N) is 1. The molecule has 0 radical (unpaired) electrons. The Bertz CT molecular complexity index is 484. The lowest BCUT2D eigenvalue weighted by atomic mass is 10.0. The van der Waals surface area contributed by atoms with Gasteiger partial charge in [0.15, 0.2) is 0 Å². The number of aliphatic hydroxyl groups excluding tert-OH is 1. The minimum atomic E-state index is -2.92. The van der Waals surface area contributed by atoms with Gasteiger partial charge in [0.2, 0.25) is 0 Å². The van der Waals surface area contributed by atoms with Gasteiger partial charge in [-0.15, -0.1) is 0 Å². The predicted molar refractivity (Wildman–Crippen MR) is 78.9 cm³/mol. The molecule has 0 saturated heterocycles. The van der Waals surface area contributed by atoms with E-state index < -0.39 is 18.8 Å². The van der Waals surface area contributed by atoms with Crippen molar-refractivity contribution < 1.29 is 23.4 Å². The SMILES string of the molecule is CCC(NC(=O)N(C)CC(C)O)c1ccccc1OC(F)F. The molecule has 1 aromatic carbocycles. The van der Waals surface area contributed by atoms with Gasteiger partial charge in [-0.2, -0.15) is 8.78 Å². The van der Waals surface area contributed by atoms with Gasteiger partial charge < -0.3 is 20.1 Å². The van der Waals surface area contributed by atoms with Crippen LogP contribution in [0.15, 0.2) is 24.3 Å². The summed E-state index contributed by atoms with van der Waals surface area (Å²) in [5.74, 6) is 0.0443. The fraction of sp³-hybridized carbons (Fsp3) is 0.533. The van der Waals surface area contributed by atoms with E-state index in [1.807, 2.05) is 6.92 Å².